The van der Waals surface area contributed by atoms with Crippen LogP contribution in [0.1, 0.15) is 20.3 Å². The van der Waals surface area contributed by atoms with Crippen molar-refractivity contribution in [2.24, 2.45) is 0 Å². The van der Waals surface area contributed by atoms with Crippen LogP contribution in [0.2, 0.25) is 0 Å². The topological polar surface area (TPSA) is 50.4 Å². The van der Waals surface area contributed by atoms with Gasteiger partial charge in [-0.2, -0.15) is 0 Å². The van der Waals surface area contributed by atoms with Gasteiger partial charge in [0.25, 0.3) is 0 Å². The Morgan fingerprint density at radius 1 is 1.10 bits per heavy atom. The molecule has 2 N–H and O–H groups in total. The fourth-order valence-corrected chi connectivity index (χ4v) is 1.75. The summed E-state index contributed by atoms with van der Waals surface area (Å²) in [6.07, 6.45) is 0.893. The molecule has 2 amide bonds. The summed E-state index contributed by atoms with van der Waals surface area (Å²) in [6.45, 7) is 3.99. The normalized spacial score (nSPS) is 11.5. The summed E-state index contributed by atoms with van der Waals surface area (Å²) < 4.78 is 5.73. The minimum absolute atomic E-state index is 0.147. The summed E-state index contributed by atoms with van der Waals surface area (Å²) in [4.78, 5) is 11.8. The second-order valence-electron chi connectivity index (χ2n) is 4.85. The number of carbonyl (C=O) groups is 1. The maximum Gasteiger partial charge on any atom is 0.319 e. The number of nitrogens with one attached hydrogen (secondary N) is 2. The van der Waals surface area contributed by atoms with Gasteiger partial charge in [-0.15, -0.1) is 0 Å². The lowest BCUT2D eigenvalue weighted by Gasteiger charge is -2.13. The fourth-order valence-electron chi connectivity index (χ4n) is 1.75. The molecule has 4 heteroatoms. The maximum atomic E-state index is 11.8. The largest absolute Gasteiger partial charge is 0.457 e. The second kappa shape index (κ2) is 7.33. The first kappa shape index (κ1) is 14.9. The highest BCUT2D eigenvalue weighted by molar-refractivity contribution is 5.89. The first-order valence-electron chi connectivity index (χ1n) is 7.08. The van der Waals surface area contributed by atoms with Gasteiger partial charge in [-0.3, -0.25) is 0 Å². The minimum atomic E-state index is -0.207. The van der Waals surface area contributed by atoms with E-state index in [-0.39, 0.29) is 12.1 Å². The Hall–Kier alpha value is -2.49. The molecular weight excluding hydrogens is 264 g/mol. The first-order valence-corrected chi connectivity index (χ1v) is 7.08. The number of hydrogen-bond donors (Lipinski definition) is 2. The molecule has 0 aliphatic heterocycles. The molecule has 0 aliphatic carbocycles. The van der Waals surface area contributed by atoms with E-state index >= 15 is 0 Å². The van der Waals surface area contributed by atoms with Crippen molar-refractivity contribution < 1.29 is 9.53 Å². The zero-order valence-corrected chi connectivity index (χ0v) is 12.3. The molecule has 2 rings (SSSR count). The molecule has 1 atom stereocenters. The number of benzene rings is 2. The number of carbonyl (C=O) groups excluding carboxylic acids is 1. The molecule has 21 heavy (non-hydrogen) atoms. The van der Waals surface area contributed by atoms with Gasteiger partial charge in [-0.05, 0) is 37.6 Å². The second-order valence-corrected chi connectivity index (χ2v) is 4.85. The zero-order chi connectivity index (χ0) is 15.1. The van der Waals surface area contributed by atoms with Crippen molar-refractivity contribution in [2.45, 2.75) is 26.3 Å². The van der Waals surface area contributed by atoms with Gasteiger partial charge in [0.05, 0.1) is 0 Å². The zero-order valence-electron chi connectivity index (χ0n) is 12.3. The molecule has 0 aromatic heterocycles. The summed E-state index contributed by atoms with van der Waals surface area (Å²) in [7, 11) is 0. The third-order valence-electron chi connectivity index (χ3n) is 3.06. The molecule has 2 aromatic carbocycles. The first-order chi connectivity index (χ1) is 10.2. The van der Waals surface area contributed by atoms with Gasteiger partial charge >= 0.3 is 6.03 Å². The molecule has 0 radical (unpaired) electrons. The van der Waals surface area contributed by atoms with Gasteiger partial charge in [0.2, 0.25) is 0 Å². The average Bonchev–Trinajstić information content (AvgIpc) is 2.48. The van der Waals surface area contributed by atoms with Crippen molar-refractivity contribution in [3.8, 4) is 11.5 Å². The van der Waals surface area contributed by atoms with Crippen LogP contribution >= 0.6 is 0 Å². The van der Waals surface area contributed by atoms with E-state index in [1.54, 1.807) is 6.07 Å². The third kappa shape index (κ3) is 4.84. The van der Waals surface area contributed by atoms with E-state index in [1.165, 1.54) is 0 Å². The SMILES string of the molecule is CCC(C)NC(=O)Nc1cccc(Oc2ccccc2)c1. The summed E-state index contributed by atoms with van der Waals surface area (Å²) in [5, 5.41) is 5.66. The standard InChI is InChI=1S/C17H20N2O2/c1-3-13(2)18-17(20)19-14-8-7-11-16(12-14)21-15-9-5-4-6-10-15/h4-13H,3H2,1-2H3,(H2,18,19,20). The van der Waals surface area contributed by atoms with E-state index in [1.807, 2.05) is 62.4 Å². The lowest BCUT2D eigenvalue weighted by molar-refractivity contribution is 0.249. The Balaban J connectivity index is 1.99. The Bertz CT molecular complexity index is 584. The van der Waals surface area contributed by atoms with Gasteiger partial charge in [-0.1, -0.05) is 31.2 Å². The fraction of sp³-hybridized carbons (Fsp3) is 0.235. The molecule has 0 spiro atoms. The van der Waals surface area contributed by atoms with Gasteiger partial charge in [0.15, 0.2) is 0 Å². The highest BCUT2D eigenvalue weighted by Crippen LogP contribution is 2.23. The predicted molar refractivity (Wildman–Crippen MR) is 84.9 cm³/mol. The molecule has 110 valence electrons. The summed E-state index contributed by atoms with van der Waals surface area (Å²) in [6, 6.07) is 16.8. The van der Waals surface area contributed by atoms with Gasteiger partial charge in [0.1, 0.15) is 11.5 Å². The molecule has 4 nitrogen and oxygen atoms in total. The van der Waals surface area contributed by atoms with Crippen molar-refractivity contribution in [3.05, 3.63) is 54.6 Å². The molecule has 1 unspecified atom stereocenters. The molecule has 0 aliphatic rings. The number of hydrogen-bond acceptors (Lipinski definition) is 2. The van der Waals surface area contributed by atoms with Crippen LogP contribution in [-0.4, -0.2) is 12.1 Å². The van der Waals surface area contributed by atoms with Crippen molar-refractivity contribution in [1.29, 1.82) is 0 Å². The van der Waals surface area contributed by atoms with E-state index in [4.69, 9.17) is 4.74 Å². The van der Waals surface area contributed by atoms with Crippen LogP contribution in [0.5, 0.6) is 11.5 Å². The number of amides is 2. The summed E-state index contributed by atoms with van der Waals surface area (Å²) >= 11 is 0. The van der Waals surface area contributed by atoms with Crippen LogP contribution in [0.4, 0.5) is 10.5 Å². The Kier molecular flexibility index (Phi) is 5.21. The van der Waals surface area contributed by atoms with Crippen molar-refractivity contribution in [3.63, 3.8) is 0 Å². The number of rotatable bonds is 5. The Labute approximate surface area is 125 Å². The van der Waals surface area contributed by atoms with Crippen molar-refractivity contribution >= 4 is 11.7 Å². The van der Waals surface area contributed by atoms with Gasteiger partial charge < -0.3 is 15.4 Å². The van der Waals surface area contributed by atoms with Crippen LogP contribution in [0, 0.1) is 0 Å². The molecule has 0 heterocycles. The predicted octanol–water partition coefficient (Wildman–Crippen LogP) is 4.40. The highest BCUT2D eigenvalue weighted by atomic mass is 16.5. The average molecular weight is 284 g/mol. The van der Waals surface area contributed by atoms with Crippen LogP contribution in [0.15, 0.2) is 54.6 Å². The van der Waals surface area contributed by atoms with E-state index in [2.05, 4.69) is 10.6 Å². The number of anilines is 1. The highest BCUT2D eigenvalue weighted by Gasteiger charge is 2.06. The summed E-state index contributed by atoms with van der Waals surface area (Å²) in [5.41, 5.74) is 0.698. The van der Waals surface area contributed by atoms with Gasteiger partial charge in [-0.25, -0.2) is 4.79 Å². The van der Waals surface area contributed by atoms with E-state index in [0.29, 0.717) is 11.4 Å². The van der Waals surface area contributed by atoms with Crippen LogP contribution in [-0.2, 0) is 0 Å². The Morgan fingerprint density at radius 2 is 1.81 bits per heavy atom. The summed E-state index contributed by atoms with van der Waals surface area (Å²) in [5.74, 6) is 1.45. The van der Waals surface area contributed by atoms with Crippen LogP contribution in [0.3, 0.4) is 0 Å². The molecule has 0 bridgehead atoms. The van der Waals surface area contributed by atoms with Crippen molar-refractivity contribution in [1.82, 2.24) is 5.32 Å². The van der Waals surface area contributed by atoms with Crippen molar-refractivity contribution in [2.75, 3.05) is 5.32 Å². The van der Waals surface area contributed by atoms with Crippen LogP contribution in [0.25, 0.3) is 0 Å². The van der Waals surface area contributed by atoms with Gasteiger partial charge in [0, 0.05) is 17.8 Å². The third-order valence-corrected chi connectivity index (χ3v) is 3.06. The minimum Gasteiger partial charge on any atom is -0.457 e. The van der Waals surface area contributed by atoms with E-state index in [0.717, 1.165) is 12.2 Å². The molecule has 0 saturated carbocycles. The van der Waals surface area contributed by atoms with Crippen LogP contribution < -0.4 is 15.4 Å². The maximum absolute atomic E-state index is 11.8. The molecule has 0 saturated heterocycles. The number of ether oxygens (including phenoxy) is 1. The number of para-hydroxylation sites is 1. The molecule has 0 fully saturated rings. The molecule has 2 aromatic rings. The number of urea groups is 1. The monoisotopic (exact) mass is 284 g/mol. The molecular formula is C17H20N2O2. The quantitative estimate of drug-likeness (QED) is 0.855. The lowest BCUT2D eigenvalue weighted by Crippen LogP contribution is -2.35. The smallest absolute Gasteiger partial charge is 0.319 e. The van der Waals surface area contributed by atoms with E-state index < -0.39 is 0 Å². The lowest BCUT2D eigenvalue weighted by atomic mass is 10.2. The Morgan fingerprint density at radius 3 is 2.52 bits per heavy atom. The van der Waals surface area contributed by atoms with E-state index in [9.17, 15) is 4.79 Å².